The predicted molar refractivity (Wildman–Crippen MR) is 113 cm³/mol. The van der Waals surface area contributed by atoms with Gasteiger partial charge in [-0.15, -0.1) is 12.4 Å². The summed E-state index contributed by atoms with van der Waals surface area (Å²) >= 11 is 6.14. The summed E-state index contributed by atoms with van der Waals surface area (Å²) in [4.78, 5) is 27.6. The van der Waals surface area contributed by atoms with E-state index in [2.05, 4.69) is 5.32 Å². The smallest absolute Gasteiger partial charge is 0.329 e. The number of aryl methyl sites for hydroxylation is 1. The first-order chi connectivity index (χ1) is 13.1. The number of para-hydroxylation sites is 2. The molecular formula is C20H22Cl2N4O2. The van der Waals surface area contributed by atoms with E-state index >= 15 is 0 Å². The molecule has 1 saturated heterocycles. The Morgan fingerprint density at radius 2 is 1.93 bits per heavy atom. The minimum absolute atomic E-state index is 0. The van der Waals surface area contributed by atoms with Crippen molar-refractivity contribution in [1.29, 1.82) is 0 Å². The minimum Gasteiger partial charge on any atom is -0.332 e. The van der Waals surface area contributed by atoms with Gasteiger partial charge in [-0.1, -0.05) is 35.9 Å². The lowest BCUT2D eigenvalue weighted by atomic mass is 10.0. The number of hydrogen-bond donors (Lipinski definition) is 1. The summed E-state index contributed by atoms with van der Waals surface area (Å²) < 4.78 is 3.13. The third kappa shape index (κ3) is 3.68. The second-order valence-corrected chi connectivity index (χ2v) is 7.21. The number of nitrogens with zero attached hydrogens (tertiary/aromatic N) is 3. The molecule has 1 aromatic heterocycles. The molecule has 0 radical (unpaired) electrons. The van der Waals surface area contributed by atoms with Crippen molar-refractivity contribution in [3.8, 4) is 0 Å². The lowest BCUT2D eigenvalue weighted by Gasteiger charge is -2.36. The van der Waals surface area contributed by atoms with Crippen molar-refractivity contribution in [2.75, 3.05) is 19.6 Å². The summed E-state index contributed by atoms with van der Waals surface area (Å²) in [5, 5.41) is 3.99. The average molecular weight is 421 g/mol. The van der Waals surface area contributed by atoms with E-state index in [0.29, 0.717) is 18.1 Å². The Labute approximate surface area is 174 Å². The zero-order chi connectivity index (χ0) is 19.0. The Morgan fingerprint density at radius 3 is 2.68 bits per heavy atom. The maximum Gasteiger partial charge on any atom is 0.329 e. The van der Waals surface area contributed by atoms with Crippen LogP contribution in [0.3, 0.4) is 0 Å². The van der Waals surface area contributed by atoms with E-state index in [9.17, 15) is 9.59 Å². The van der Waals surface area contributed by atoms with Gasteiger partial charge in [0.05, 0.1) is 17.1 Å². The van der Waals surface area contributed by atoms with E-state index in [-0.39, 0.29) is 36.6 Å². The van der Waals surface area contributed by atoms with Gasteiger partial charge in [0.2, 0.25) is 5.91 Å². The summed E-state index contributed by atoms with van der Waals surface area (Å²) in [6, 6.07) is 15.0. The van der Waals surface area contributed by atoms with Gasteiger partial charge in [0, 0.05) is 31.7 Å². The van der Waals surface area contributed by atoms with Crippen LogP contribution in [-0.4, -0.2) is 39.6 Å². The van der Waals surface area contributed by atoms with Crippen LogP contribution in [0.4, 0.5) is 0 Å². The highest BCUT2D eigenvalue weighted by atomic mass is 35.5. The van der Waals surface area contributed by atoms with Gasteiger partial charge in [-0.3, -0.25) is 13.9 Å². The first-order valence-electron chi connectivity index (χ1n) is 8.96. The van der Waals surface area contributed by atoms with Gasteiger partial charge in [-0.2, -0.15) is 0 Å². The second-order valence-electron chi connectivity index (χ2n) is 6.78. The maximum atomic E-state index is 13.1. The van der Waals surface area contributed by atoms with E-state index in [1.54, 1.807) is 16.2 Å². The molecule has 1 unspecified atom stereocenters. The molecule has 1 fully saturated rings. The molecule has 8 heteroatoms. The van der Waals surface area contributed by atoms with Crippen molar-refractivity contribution >= 4 is 40.9 Å². The molecule has 6 nitrogen and oxygen atoms in total. The second kappa shape index (κ2) is 8.39. The molecule has 2 aromatic carbocycles. The van der Waals surface area contributed by atoms with Crippen molar-refractivity contribution in [2.45, 2.75) is 12.6 Å². The summed E-state index contributed by atoms with van der Waals surface area (Å²) in [7, 11) is 1.73. The molecule has 4 rings (SSSR count). The highest BCUT2D eigenvalue weighted by Crippen LogP contribution is 2.25. The van der Waals surface area contributed by atoms with E-state index < -0.39 is 0 Å². The Bertz CT molecular complexity index is 1060. The number of carbonyl (C=O) groups excluding carboxylic acids is 1. The topological polar surface area (TPSA) is 59.3 Å². The van der Waals surface area contributed by atoms with Crippen LogP contribution in [0, 0.1) is 0 Å². The van der Waals surface area contributed by atoms with E-state index in [0.717, 1.165) is 23.1 Å². The third-order valence-electron chi connectivity index (χ3n) is 5.14. The van der Waals surface area contributed by atoms with Crippen LogP contribution in [0.1, 0.15) is 11.6 Å². The molecule has 1 aliphatic rings. The standard InChI is InChI=1S/C20H21ClN4O2.ClH/c1-23-16-7-2-3-8-17(16)25(20(23)27)13-19(26)24-10-9-22-12-18(24)14-5-4-6-15(21)11-14;/h2-8,11,18,22H,9-10,12-13H2,1H3;1H. The van der Waals surface area contributed by atoms with Crippen LogP contribution < -0.4 is 11.0 Å². The van der Waals surface area contributed by atoms with E-state index in [1.807, 2.05) is 53.4 Å². The number of fused-ring (bicyclic) bond motifs is 1. The number of benzene rings is 2. The normalized spacial score (nSPS) is 16.8. The SMILES string of the molecule is Cl.Cn1c(=O)n(CC(=O)N2CCNCC2c2cccc(Cl)c2)c2ccccc21. The quantitative estimate of drug-likeness (QED) is 0.708. The van der Waals surface area contributed by atoms with Gasteiger partial charge in [-0.05, 0) is 29.8 Å². The Morgan fingerprint density at radius 1 is 1.18 bits per heavy atom. The summed E-state index contributed by atoms with van der Waals surface area (Å²) in [6.07, 6.45) is 0. The molecule has 2 heterocycles. The van der Waals surface area contributed by atoms with E-state index in [1.165, 1.54) is 0 Å². The van der Waals surface area contributed by atoms with Crippen LogP contribution in [-0.2, 0) is 18.4 Å². The Kier molecular flexibility index (Phi) is 6.13. The largest absolute Gasteiger partial charge is 0.332 e. The monoisotopic (exact) mass is 420 g/mol. The van der Waals surface area contributed by atoms with Gasteiger partial charge in [0.1, 0.15) is 6.54 Å². The van der Waals surface area contributed by atoms with Crippen LogP contribution in [0.2, 0.25) is 5.02 Å². The van der Waals surface area contributed by atoms with Gasteiger partial charge >= 0.3 is 5.69 Å². The number of rotatable bonds is 3. The maximum absolute atomic E-state index is 13.1. The lowest BCUT2D eigenvalue weighted by Crippen LogP contribution is -2.50. The highest BCUT2D eigenvalue weighted by Gasteiger charge is 2.28. The zero-order valence-corrected chi connectivity index (χ0v) is 17.0. The number of hydrogen-bond acceptors (Lipinski definition) is 3. The molecule has 1 atom stereocenters. The van der Waals surface area contributed by atoms with Crippen molar-refractivity contribution in [3.63, 3.8) is 0 Å². The predicted octanol–water partition coefficient (Wildman–Crippen LogP) is 2.59. The first kappa shape index (κ1) is 20.5. The molecule has 0 bridgehead atoms. The molecule has 148 valence electrons. The number of amides is 1. The summed E-state index contributed by atoms with van der Waals surface area (Å²) in [5.74, 6) is -0.0695. The van der Waals surface area contributed by atoms with Gasteiger partial charge < -0.3 is 10.2 Å². The fourth-order valence-electron chi connectivity index (χ4n) is 3.76. The molecule has 3 aromatic rings. The van der Waals surface area contributed by atoms with Gasteiger partial charge in [-0.25, -0.2) is 4.79 Å². The van der Waals surface area contributed by atoms with Crippen molar-refractivity contribution in [3.05, 3.63) is 69.6 Å². The molecule has 0 aliphatic carbocycles. The third-order valence-corrected chi connectivity index (χ3v) is 5.38. The highest BCUT2D eigenvalue weighted by molar-refractivity contribution is 6.30. The van der Waals surface area contributed by atoms with E-state index in [4.69, 9.17) is 11.6 Å². The summed E-state index contributed by atoms with van der Waals surface area (Å²) in [6.45, 7) is 2.01. The molecular weight excluding hydrogens is 399 g/mol. The van der Waals surface area contributed by atoms with Crippen LogP contribution >= 0.6 is 24.0 Å². The molecule has 1 N–H and O–H groups in total. The first-order valence-corrected chi connectivity index (χ1v) is 9.34. The number of carbonyl (C=O) groups is 1. The average Bonchev–Trinajstić information content (AvgIpc) is 2.93. The zero-order valence-electron chi connectivity index (χ0n) is 15.5. The van der Waals surface area contributed by atoms with Crippen LogP contribution in [0.15, 0.2) is 53.3 Å². The fourth-order valence-corrected chi connectivity index (χ4v) is 3.96. The summed E-state index contributed by atoms with van der Waals surface area (Å²) in [5.41, 5.74) is 2.40. The van der Waals surface area contributed by atoms with Crippen molar-refractivity contribution < 1.29 is 4.79 Å². The van der Waals surface area contributed by atoms with Gasteiger partial charge in [0.25, 0.3) is 0 Å². The van der Waals surface area contributed by atoms with Crippen LogP contribution in [0.25, 0.3) is 11.0 Å². The Hall–Kier alpha value is -2.28. The number of aromatic nitrogens is 2. The van der Waals surface area contributed by atoms with Crippen molar-refractivity contribution in [1.82, 2.24) is 19.4 Å². The molecule has 1 aliphatic heterocycles. The molecule has 0 spiro atoms. The number of imidazole rings is 1. The van der Waals surface area contributed by atoms with Gasteiger partial charge in [0.15, 0.2) is 0 Å². The molecule has 1 amide bonds. The van der Waals surface area contributed by atoms with Crippen molar-refractivity contribution in [2.24, 2.45) is 7.05 Å². The molecule has 28 heavy (non-hydrogen) atoms. The molecule has 0 saturated carbocycles. The van der Waals surface area contributed by atoms with Crippen LogP contribution in [0.5, 0.6) is 0 Å². The number of piperazine rings is 1. The number of halogens is 2. The minimum atomic E-state index is -0.181. The Balaban J connectivity index is 0.00000225. The fraction of sp³-hybridized carbons (Fsp3) is 0.300. The lowest BCUT2D eigenvalue weighted by molar-refractivity contribution is -0.135. The number of nitrogens with one attached hydrogen (secondary N) is 1.